The Balaban J connectivity index is 1.97. The van der Waals surface area contributed by atoms with Crippen LogP contribution in [0.2, 0.25) is 25.7 Å². The fourth-order valence-electron chi connectivity index (χ4n) is 4.42. The van der Waals surface area contributed by atoms with Gasteiger partial charge in [0.2, 0.25) is 21.8 Å². The molecule has 43 heavy (non-hydrogen) atoms. The third-order valence-corrected chi connectivity index (χ3v) is 11.2. The van der Waals surface area contributed by atoms with Gasteiger partial charge in [-0.25, -0.2) is 17.1 Å². The van der Waals surface area contributed by atoms with E-state index in [0.29, 0.717) is 39.2 Å². The van der Waals surface area contributed by atoms with Gasteiger partial charge in [-0.3, -0.25) is 9.55 Å². The van der Waals surface area contributed by atoms with Crippen molar-refractivity contribution in [2.75, 3.05) is 25.1 Å². The van der Waals surface area contributed by atoms with Gasteiger partial charge in [0.15, 0.2) is 5.76 Å². The van der Waals surface area contributed by atoms with E-state index in [1.165, 1.54) is 31.9 Å². The van der Waals surface area contributed by atoms with Crippen molar-refractivity contribution < 1.29 is 31.8 Å². The normalized spacial score (nSPS) is 13.5. The molecule has 2 atom stereocenters. The van der Waals surface area contributed by atoms with Crippen LogP contribution in [0.4, 0.5) is 10.3 Å². The average molecular weight is 697 g/mol. The molecule has 0 bridgehead atoms. The molecule has 0 spiro atoms. The second-order valence-corrected chi connectivity index (χ2v) is 19.9. The molecule has 3 aromatic heterocycles. The minimum atomic E-state index is -4.43. The van der Waals surface area contributed by atoms with Gasteiger partial charge in [0, 0.05) is 25.3 Å². The minimum absolute atomic E-state index is 0.0259. The number of aliphatic hydroxyl groups excluding tert-OH is 1. The first-order valence-electron chi connectivity index (χ1n) is 13.4. The molecule has 15 heteroatoms. The average Bonchev–Trinajstić information content (AvgIpc) is 3.57. The Labute approximate surface area is 259 Å². The third kappa shape index (κ3) is 6.79. The molecule has 4 aromatic rings. The summed E-state index contributed by atoms with van der Waals surface area (Å²) >= 11 is 3.14. The lowest BCUT2D eigenvalue weighted by Gasteiger charge is -2.31. The minimum Gasteiger partial charge on any atom is -0.494 e. The van der Waals surface area contributed by atoms with Gasteiger partial charge in [-0.1, -0.05) is 25.7 Å². The number of anilines is 1. The largest absolute Gasteiger partial charge is 0.494 e. The number of para-hydroxylation sites is 1. The molecule has 11 nitrogen and oxygen atoms in total. The van der Waals surface area contributed by atoms with Crippen LogP contribution in [0.25, 0.3) is 17.3 Å². The number of nitrogens with zero attached hydrogens (tertiary/aromatic N) is 5. The van der Waals surface area contributed by atoms with Gasteiger partial charge in [-0.05, 0) is 66.2 Å². The molecule has 0 fully saturated rings. The van der Waals surface area contributed by atoms with E-state index in [-0.39, 0.29) is 24.0 Å². The second kappa shape index (κ2) is 12.8. The van der Waals surface area contributed by atoms with Gasteiger partial charge in [0.05, 0.1) is 14.2 Å². The lowest BCUT2D eigenvalue weighted by Crippen LogP contribution is -2.44. The summed E-state index contributed by atoms with van der Waals surface area (Å²) in [6, 6.07) is 10.3. The van der Waals surface area contributed by atoms with Crippen molar-refractivity contribution in [2.45, 2.75) is 50.9 Å². The predicted octanol–water partition coefficient (Wildman–Crippen LogP) is 5.75. The molecule has 1 N–H and O–H groups in total. The molecular weight excluding hydrogens is 661 g/mol. The first-order chi connectivity index (χ1) is 20.2. The highest BCUT2D eigenvalue weighted by molar-refractivity contribution is 9.10. The highest BCUT2D eigenvalue weighted by Crippen LogP contribution is 2.40. The molecule has 4 rings (SSSR count). The van der Waals surface area contributed by atoms with E-state index < -0.39 is 35.3 Å². The standard InChI is InChI=1S/C28H35BrFN5O6SSi/c1-17-11-12-23(41-17)27-32-33-28(35(27)25-21(39-3)9-8-10-22(25)40-4)34(13-14-43(5,6)7)42(37,38)18(2)26(36)24-20(30)15-19(29)16-31-24/h8-12,15-16,18,26,36H,13-14H2,1-7H3/t18-,26+/m1/s1. The number of halogens is 2. The van der Waals surface area contributed by atoms with E-state index in [0.717, 1.165) is 10.4 Å². The fraction of sp³-hybridized carbons (Fsp3) is 0.393. The van der Waals surface area contributed by atoms with Crippen molar-refractivity contribution in [1.82, 2.24) is 19.7 Å². The lowest BCUT2D eigenvalue weighted by molar-refractivity contribution is 0.166. The molecule has 3 heterocycles. The number of aryl methyl sites for hydroxylation is 1. The van der Waals surface area contributed by atoms with Crippen LogP contribution in [-0.2, 0) is 10.0 Å². The number of methoxy groups -OCH3 is 2. The summed E-state index contributed by atoms with van der Waals surface area (Å²) in [4.78, 5) is 3.96. The number of benzene rings is 1. The molecule has 0 unspecified atom stereocenters. The van der Waals surface area contributed by atoms with Crippen LogP contribution in [0, 0.1) is 12.7 Å². The number of ether oxygens (including phenoxy) is 2. The van der Waals surface area contributed by atoms with Gasteiger partial charge >= 0.3 is 0 Å². The fourth-order valence-corrected chi connectivity index (χ4v) is 7.32. The van der Waals surface area contributed by atoms with Crippen molar-refractivity contribution >= 4 is 40.0 Å². The number of sulfonamides is 1. The molecule has 0 aliphatic carbocycles. The van der Waals surface area contributed by atoms with Crippen molar-refractivity contribution in [1.29, 1.82) is 0 Å². The molecule has 1 aromatic carbocycles. The van der Waals surface area contributed by atoms with Crippen LogP contribution in [-0.4, -0.2) is 67.4 Å². The van der Waals surface area contributed by atoms with Crippen LogP contribution < -0.4 is 13.8 Å². The van der Waals surface area contributed by atoms with Crippen molar-refractivity contribution in [3.63, 3.8) is 0 Å². The molecule has 0 aliphatic rings. The summed E-state index contributed by atoms with van der Waals surface area (Å²) in [6.07, 6.45) is -0.483. The Bertz CT molecular complexity index is 1690. The van der Waals surface area contributed by atoms with E-state index in [1.807, 2.05) is 0 Å². The number of pyridine rings is 1. The lowest BCUT2D eigenvalue weighted by atomic mass is 10.2. The monoisotopic (exact) mass is 695 g/mol. The molecule has 0 radical (unpaired) electrons. The molecule has 0 aliphatic heterocycles. The number of hydrogen-bond acceptors (Lipinski definition) is 9. The Hall–Kier alpha value is -3.27. The zero-order valence-electron chi connectivity index (χ0n) is 25.0. The molecule has 0 saturated heterocycles. The van der Waals surface area contributed by atoms with Gasteiger partial charge in [-0.2, -0.15) is 0 Å². The SMILES string of the molecule is COc1cccc(OC)c1-n1c(-c2ccc(C)o2)nnc1N(CC[Si](C)(C)C)S(=O)(=O)[C@H](C)[C@H](O)c1ncc(Br)cc1F. The van der Waals surface area contributed by atoms with Crippen LogP contribution in [0.15, 0.2) is 51.5 Å². The zero-order chi connectivity index (χ0) is 31.7. The van der Waals surface area contributed by atoms with E-state index in [2.05, 4.69) is 50.8 Å². The summed E-state index contributed by atoms with van der Waals surface area (Å²) in [5.74, 6) is 0.961. The maximum atomic E-state index is 14.8. The van der Waals surface area contributed by atoms with Crippen molar-refractivity contribution in [2.24, 2.45) is 0 Å². The van der Waals surface area contributed by atoms with Gasteiger partial charge < -0.3 is 19.0 Å². The number of rotatable bonds is 12. The van der Waals surface area contributed by atoms with Crippen LogP contribution in [0.3, 0.4) is 0 Å². The highest BCUT2D eigenvalue weighted by Gasteiger charge is 2.40. The van der Waals surface area contributed by atoms with Gasteiger partial charge in [0.1, 0.15) is 45.8 Å². The number of hydrogen-bond donors (Lipinski definition) is 1. The zero-order valence-corrected chi connectivity index (χ0v) is 28.4. The molecule has 0 saturated carbocycles. The van der Waals surface area contributed by atoms with E-state index in [9.17, 15) is 17.9 Å². The topological polar surface area (TPSA) is 133 Å². The van der Waals surface area contributed by atoms with Crippen LogP contribution >= 0.6 is 15.9 Å². The summed E-state index contributed by atoms with van der Waals surface area (Å²) in [5, 5.41) is 18.4. The number of aliphatic hydroxyl groups is 1. The maximum absolute atomic E-state index is 14.8. The third-order valence-electron chi connectivity index (χ3n) is 6.86. The van der Waals surface area contributed by atoms with Crippen LogP contribution in [0.5, 0.6) is 11.5 Å². The summed E-state index contributed by atoms with van der Waals surface area (Å²) in [7, 11) is -3.30. The Morgan fingerprint density at radius 1 is 1.14 bits per heavy atom. The highest BCUT2D eigenvalue weighted by atomic mass is 79.9. The summed E-state index contributed by atoms with van der Waals surface area (Å²) in [6.45, 7) is 9.45. The van der Waals surface area contributed by atoms with Gasteiger partial charge in [-0.15, -0.1) is 10.2 Å². The first kappa shape index (κ1) is 32.6. The maximum Gasteiger partial charge on any atom is 0.246 e. The van der Waals surface area contributed by atoms with Crippen LogP contribution in [0.1, 0.15) is 24.5 Å². The molecule has 232 valence electrons. The molecule has 0 amide bonds. The van der Waals surface area contributed by atoms with E-state index in [1.54, 1.807) is 37.3 Å². The first-order valence-corrected chi connectivity index (χ1v) is 19.4. The molecular formula is C28H35BrFN5O6SSi. The number of aromatic nitrogens is 4. The predicted molar refractivity (Wildman–Crippen MR) is 168 cm³/mol. The Morgan fingerprint density at radius 2 is 1.79 bits per heavy atom. The quantitative estimate of drug-likeness (QED) is 0.184. The summed E-state index contributed by atoms with van der Waals surface area (Å²) < 4.78 is 63.9. The second-order valence-electron chi connectivity index (χ2n) is 11.2. The van der Waals surface area contributed by atoms with Crippen molar-refractivity contribution in [3.05, 3.63) is 64.3 Å². The van der Waals surface area contributed by atoms with E-state index in [4.69, 9.17) is 13.9 Å². The number of furan rings is 1. The van der Waals surface area contributed by atoms with Crippen molar-refractivity contribution in [3.8, 4) is 28.8 Å². The Morgan fingerprint density at radius 3 is 2.33 bits per heavy atom. The summed E-state index contributed by atoms with van der Waals surface area (Å²) in [5.41, 5.74) is -0.0392. The Kier molecular flexibility index (Phi) is 9.68. The van der Waals surface area contributed by atoms with Gasteiger partial charge in [0.25, 0.3) is 0 Å². The smallest absolute Gasteiger partial charge is 0.246 e. The van der Waals surface area contributed by atoms with E-state index >= 15 is 0 Å².